The summed E-state index contributed by atoms with van der Waals surface area (Å²) in [6.45, 7) is 16.1. The number of hydrogen-bond acceptors (Lipinski definition) is 1. The minimum atomic E-state index is -0.290. The van der Waals surface area contributed by atoms with E-state index in [2.05, 4.69) is 82.6 Å². The van der Waals surface area contributed by atoms with Crippen LogP contribution in [0.1, 0.15) is 66.0 Å². The molecule has 0 amide bonds. The summed E-state index contributed by atoms with van der Waals surface area (Å²) < 4.78 is 4.02. The van der Waals surface area contributed by atoms with Crippen molar-refractivity contribution in [3.8, 4) is 0 Å². The first-order chi connectivity index (χ1) is 10.1. The molecule has 24 heavy (non-hydrogen) atoms. The van der Waals surface area contributed by atoms with Crippen LogP contribution in [0, 0.1) is 0 Å². The third-order valence-electron chi connectivity index (χ3n) is 4.07. The monoisotopic (exact) mass is 403 g/mol. The van der Waals surface area contributed by atoms with Gasteiger partial charge in [-0.3, -0.25) is 0 Å². The van der Waals surface area contributed by atoms with Crippen molar-refractivity contribution in [2.75, 3.05) is 0 Å². The van der Waals surface area contributed by atoms with E-state index in [1.807, 2.05) is 0 Å². The van der Waals surface area contributed by atoms with Crippen LogP contribution in [0.4, 0.5) is 0 Å². The number of nitrogens with one attached hydrogen (secondary N) is 1. The maximum absolute atomic E-state index is 3.79. The van der Waals surface area contributed by atoms with E-state index in [0.717, 1.165) is 6.42 Å². The first-order valence-corrected chi connectivity index (χ1v) is 9.67. The van der Waals surface area contributed by atoms with Gasteiger partial charge in [-0.2, -0.15) is 0 Å². The van der Waals surface area contributed by atoms with Crippen molar-refractivity contribution < 1.29 is 19.4 Å². The SMILES string of the molecule is CC1=CC(C)=C(c2ccccc2[C](C)(C)[Ti][NH]C(C)(C)C)C1.Cl.Cl. The molecule has 0 spiro atoms. The Labute approximate surface area is 169 Å². The van der Waals surface area contributed by atoms with Crippen LogP contribution in [0.5, 0.6) is 0 Å². The van der Waals surface area contributed by atoms with Gasteiger partial charge in [-0.15, -0.1) is 24.8 Å². The Morgan fingerprint density at radius 1 is 0.958 bits per heavy atom. The fourth-order valence-electron chi connectivity index (χ4n) is 2.94. The summed E-state index contributed by atoms with van der Waals surface area (Å²) in [6.07, 6.45) is 3.44. The molecule has 0 radical (unpaired) electrons. The molecule has 0 unspecified atom stereocenters. The average molecular weight is 404 g/mol. The number of allylic oxidation sites excluding steroid dienone is 4. The second-order valence-corrected chi connectivity index (χ2v) is 10.7. The van der Waals surface area contributed by atoms with Gasteiger partial charge < -0.3 is 0 Å². The zero-order valence-corrected chi connectivity index (χ0v) is 19.1. The van der Waals surface area contributed by atoms with Crippen LogP contribution in [-0.2, 0) is 23.1 Å². The Bertz CT molecular complexity index is 625. The maximum Gasteiger partial charge on any atom is -0.147 e. The minimum absolute atomic E-state index is 0. The molecule has 1 aliphatic carbocycles. The predicted octanol–water partition coefficient (Wildman–Crippen LogP) is 6.27. The Kier molecular flexibility index (Phi) is 9.04. The molecule has 134 valence electrons. The zero-order chi connectivity index (χ0) is 16.5. The molecule has 0 saturated carbocycles. The van der Waals surface area contributed by atoms with Crippen molar-refractivity contribution in [1.82, 2.24) is 3.80 Å². The minimum Gasteiger partial charge on any atom is -0.147 e. The molecule has 4 heteroatoms. The fourth-order valence-corrected chi connectivity index (χ4v) is 4.56. The quantitative estimate of drug-likeness (QED) is 0.583. The van der Waals surface area contributed by atoms with Gasteiger partial charge >= 0.3 is 146 Å². The summed E-state index contributed by atoms with van der Waals surface area (Å²) in [5.74, 6) is 0. The molecule has 0 aromatic heterocycles. The molecule has 1 nitrogen and oxygen atoms in total. The Hall–Kier alpha value is -0.0457. The topological polar surface area (TPSA) is 12.0 Å². The summed E-state index contributed by atoms with van der Waals surface area (Å²) >= 11 is -0.290. The third kappa shape index (κ3) is 6.04. The average Bonchev–Trinajstić information content (AvgIpc) is 2.75. The summed E-state index contributed by atoms with van der Waals surface area (Å²) in [5.41, 5.74) is 7.59. The van der Waals surface area contributed by atoms with Crippen LogP contribution in [0.2, 0.25) is 0 Å². The molecule has 1 aromatic carbocycles. The van der Waals surface area contributed by atoms with Gasteiger partial charge in [-0.05, 0) is 0 Å². The third-order valence-corrected chi connectivity index (χ3v) is 6.83. The van der Waals surface area contributed by atoms with Crippen molar-refractivity contribution in [1.29, 1.82) is 0 Å². The fraction of sp³-hybridized carbons (Fsp3) is 0.500. The van der Waals surface area contributed by atoms with E-state index in [0.29, 0.717) is 0 Å². The van der Waals surface area contributed by atoms with Crippen LogP contribution in [-0.4, -0.2) is 5.54 Å². The molecule has 0 atom stereocenters. The normalized spacial score (nSPS) is 14.7. The molecule has 0 fully saturated rings. The molecule has 0 saturated heterocycles. The molecule has 2 rings (SSSR count). The number of benzene rings is 1. The van der Waals surface area contributed by atoms with Gasteiger partial charge in [0.2, 0.25) is 0 Å². The summed E-state index contributed by atoms with van der Waals surface area (Å²) in [4.78, 5) is 0. The summed E-state index contributed by atoms with van der Waals surface area (Å²) in [6, 6.07) is 9.01. The van der Waals surface area contributed by atoms with Crippen molar-refractivity contribution in [3.63, 3.8) is 0 Å². The molecule has 1 aliphatic rings. The summed E-state index contributed by atoms with van der Waals surface area (Å²) in [5, 5.41) is 0. The molecule has 0 aliphatic heterocycles. The van der Waals surface area contributed by atoms with Gasteiger partial charge in [0.1, 0.15) is 0 Å². The van der Waals surface area contributed by atoms with Crippen molar-refractivity contribution in [2.24, 2.45) is 0 Å². The Morgan fingerprint density at radius 3 is 2.04 bits per heavy atom. The number of rotatable bonds is 4. The smallest absolute Gasteiger partial charge is 0.147 e. The number of halogens is 2. The van der Waals surface area contributed by atoms with Crippen LogP contribution in [0.15, 0.2) is 41.5 Å². The second-order valence-electron chi connectivity index (χ2n) is 8.00. The molecular formula is C20H31Cl2NTi. The molecule has 0 heterocycles. The second kappa shape index (κ2) is 9.06. The van der Waals surface area contributed by atoms with E-state index in [-0.39, 0.29) is 53.5 Å². The van der Waals surface area contributed by atoms with E-state index >= 15 is 0 Å². The van der Waals surface area contributed by atoms with Gasteiger partial charge in [0.15, 0.2) is 0 Å². The first kappa shape index (κ1) is 24.0. The molecule has 1 N–H and O–H groups in total. The van der Waals surface area contributed by atoms with Crippen molar-refractivity contribution in [3.05, 3.63) is 52.6 Å². The largest absolute Gasteiger partial charge is 0.147 e. The van der Waals surface area contributed by atoms with Gasteiger partial charge in [0.25, 0.3) is 0 Å². The van der Waals surface area contributed by atoms with Crippen molar-refractivity contribution >= 4 is 30.4 Å². The van der Waals surface area contributed by atoms with E-state index in [1.54, 1.807) is 0 Å². The summed E-state index contributed by atoms with van der Waals surface area (Å²) in [7, 11) is 0. The Balaban J connectivity index is 0.00000264. The number of hydrogen-bond donors (Lipinski definition) is 1. The molecular weight excluding hydrogens is 373 g/mol. The van der Waals surface area contributed by atoms with Gasteiger partial charge in [-0.25, -0.2) is 0 Å². The first-order valence-electron chi connectivity index (χ1n) is 8.11. The predicted molar refractivity (Wildman–Crippen MR) is 108 cm³/mol. The van der Waals surface area contributed by atoms with E-state index in [1.165, 1.54) is 27.8 Å². The Morgan fingerprint density at radius 2 is 1.54 bits per heavy atom. The van der Waals surface area contributed by atoms with Crippen molar-refractivity contribution in [2.45, 2.75) is 64.1 Å². The van der Waals surface area contributed by atoms with Crippen LogP contribution < -0.4 is 3.80 Å². The van der Waals surface area contributed by atoms with Crippen LogP contribution in [0.25, 0.3) is 5.57 Å². The van der Waals surface area contributed by atoms with Gasteiger partial charge in [0.05, 0.1) is 0 Å². The van der Waals surface area contributed by atoms with Crippen LogP contribution >= 0.6 is 24.8 Å². The van der Waals surface area contributed by atoms with E-state index in [9.17, 15) is 0 Å². The molecule has 1 aromatic rings. The van der Waals surface area contributed by atoms with E-state index in [4.69, 9.17) is 0 Å². The van der Waals surface area contributed by atoms with Crippen LogP contribution in [0.3, 0.4) is 0 Å². The van der Waals surface area contributed by atoms with Gasteiger partial charge in [0, 0.05) is 0 Å². The van der Waals surface area contributed by atoms with Gasteiger partial charge in [-0.1, -0.05) is 0 Å². The van der Waals surface area contributed by atoms with E-state index < -0.39 is 0 Å². The maximum atomic E-state index is 3.79. The molecule has 0 bridgehead atoms. The zero-order valence-electron chi connectivity index (χ0n) is 15.9. The standard InChI is InChI=1S/C16H19.C4H10N.2ClH.Ti/c1-11(2)14-7-5-6-8-15(14)16-10-12(3)9-13(16)4;1-4(2,3)5;;;/h5-9H,10H2,1-4H3;5H,1-3H3;2*1H;/q;-1;;;+1.